The van der Waals surface area contributed by atoms with Gasteiger partial charge in [-0.2, -0.15) is 0 Å². The Kier molecular flexibility index (Phi) is 4.63. The van der Waals surface area contributed by atoms with Crippen molar-refractivity contribution in [1.29, 1.82) is 0 Å². The second-order valence-corrected chi connectivity index (χ2v) is 5.69. The molecule has 0 saturated carbocycles. The first kappa shape index (κ1) is 14.1. The second kappa shape index (κ2) is 6.23. The van der Waals surface area contributed by atoms with Gasteiger partial charge in [-0.25, -0.2) is 4.79 Å². The van der Waals surface area contributed by atoms with Crippen LogP contribution in [0.3, 0.4) is 0 Å². The highest BCUT2D eigenvalue weighted by Gasteiger charge is 2.32. The maximum Gasteiger partial charge on any atom is 0.317 e. The molecular formula is C13H23N3O3. The largest absolute Gasteiger partial charge is 0.481 e. The fourth-order valence-corrected chi connectivity index (χ4v) is 2.83. The number of rotatable bonds is 4. The van der Waals surface area contributed by atoms with Crippen molar-refractivity contribution in [3.05, 3.63) is 0 Å². The number of nitrogens with one attached hydrogen (secondary N) is 1. The van der Waals surface area contributed by atoms with Crippen LogP contribution >= 0.6 is 0 Å². The number of carbonyl (C=O) groups is 2. The predicted octanol–water partition coefficient (Wildman–Crippen LogP) is 0.587. The average Bonchev–Trinajstić information content (AvgIpc) is 2.31. The molecular weight excluding hydrogens is 246 g/mol. The summed E-state index contributed by atoms with van der Waals surface area (Å²) in [5.41, 5.74) is 0. The van der Waals surface area contributed by atoms with Crippen molar-refractivity contribution >= 4 is 12.0 Å². The van der Waals surface area contributed by atoms with Crippen molar-refractivity contribution in [1.82, 2.24) is 15.1 Å². The third kappa shape index (κ3) is 3.83. The maximum atomic E-state index is 11.9. The van der Waals surface area contributed by atoms with Crippen LogP contribution in [0.15, 0.2) is 0 Å². The van der Waals surface area contributed by atoms with E-state index in [1.165, 1.54) is 12.8 Å². The lowest BCUT2D eigenvalue weighted by Crippen LogP contribution is -2.56. The summed E-state index contributed by atoms with van der Waals surface area (Å²) in [6, 6.07) is 0.384. The molecule has 108 valence electrons. The Labute approximate surface area is 113 Å². The third-order valence-electron chi connectivity index (χ3n) is 4.12. The van der Waals surface area contributed by atoms with Gasteiger partial charge >= 0.3 is 12.0 Å². The minimum Gasteiger partial charge on any atom is -0.481 e. The molecule has 2 N–H and O–H groups in total. The smallest absolute Gasteiger partial charge is 0.317 e. The number of hydrogen-bond acceptors (Lipinski definition) is 3. The quantitative estimate of drug-likeness (QED) is 0.783. The lowest BCUT2D eigenvalue weighted by atomic mass is 9.97. The molecule has 6 heteroatoms. The number of likely N-dealkylation sites (tertiary alicyclic amines) is 2. The standard InChI is InChI=1S/C13H23N3O3/c1-15-5-3-2-4-11(15)7-14-13(19)16-8-10(9-16)6-12(17)18/h10-11H,2-9H2,1H3,(H,14,19)(H,17,18). The summed E-state index contributed by atoms with van der Waals surface area (Å²) in [5, 5.41) is 11.6. The predicted molar refractivity (Wildman–Crippen MR) is 71.0 cm³/mol. The van der Waals surface area contributed by atoms with Gasteiger partial charge < -0.3 is 20.2 Å². The van der Waals surface area contributed by atoms with Crippen molar-refractivity contribution in [3.8, 4) is 0 Å². The molecule has 2 fully saturated rings. The number of aliphatic carboxylic acids is 1. The Bertz CT molecular complexity index is 342. The van der Waals surface area contributed by atoms with Crippen molar-refractivity contribution in [2.75, 3.05) is 33.2 Å². The number of urea groups is 1. The van der Waals surface area contributed by atoms with E-state index in [1.807, 2.05) is 0 Å². The zero-order valence-corrected chi connectivity index (χ0v) is 11.5. The minimum absolute atomic E-state index is 0.0550. The Balaban J connectivity index is 1.64. The Morgan fingerprint density at radius 2 is 2.05 bits per heavy atom. The van der Waals surface area contributed by atoms with Gasteiger partial charge in [0, 0.05) is 31.6 Å². The van der Waals surface area contributed by atoms with Gasteiger partial charge in [0.2, 0.25) is 0 Å². The van der Waals surface area contributed by atoms with Gasteiger partial charge in [0.05, 0.1) is 6.42 Å². The van der Waals surface area contributed by atoms with Gasteiger partial charge in [-0.15, -0.1) is 0 Å². The van der Waals surface area contributed by atoms with Crippen LogP contribution in [0, 0.1) is 5.92 Å². The number of carboxylic acid groups (broad SMARTS) is 1. The summed E-state index contributed by atoms with van der Waals surface area (Å²) in [6.45, 7) is 2.93. The van der Waals surface area contributed by atoms with Gasteiger partial charge in [0.1, 0.15) is 0 Å². The van der Waals surface area contributed by atoms with Crippen LogP contribution in [0.25, 0.3) is 0 Å². The Morgan fingerprint density at radius 3 is 2.68 bits per heavy atom. The molecule has 0 bridgehead atoms. The third-order valence-corrected chi connectivity index (χ3v) is 4.12. The Hall–Kier alpha value is -1.30. The van der Waals surface area contributed by atoms with E-state index >= 15 is 0 Å². The molecule has 19 heavy (non-hydrogen) atoms. The SMILES string of the molecule is CN1CCCCC1CNC(=O)N1CC(CC(=O)O)C1. The molecule has 2 aliphatic heterocycles. The van der Waals surface area contributed by atoms with E-state index in [0.717, 1.165) is 13.0 Å². The minimum atomic E-state index is -0.783. The summed E-state index contributed by atoms with van der Waals surface area (Å²) in [5.74, 6) is -0.658. The van der Waals surface area contributed by atoms with Crippen molar-refractivity contribution in [2.45, 2.75) is 31.7 Å². The summed E-state index contributed by atoms with van der Waals surface area (Å²) < 4.78 is 0. The highest BCUT2D eigenvalue weighted by atomic mass is 16.4. The highest BCUT2D eigenvalue weighted by Crippen LogP contribution is 2.19. The molecule has 2 amide bonds. The molecule has 2 aliphatic rings. The lowest BCUT2D eigenvalue weighted by molar-refractivity contribution is -0.139. The molecule has 1 atom stereocenters. The fourth-order valence-electron chi connectivity index (χ4n) is 2.83. The number of hydrogen-bond donors (Lipinski definition) is 2. The molecule has 6 nitrogen and oxygen atoms in total. The number of amides is 2. The molecule has 2 heterocycles. The van der Waals surface area contributed by atoms with Gasteiger partial charge in [0.25, 0.3) is 0 Å². The lowest BCUT2D eigenvalue weighted by Gasteiger charge is -2.39. The topological polar surface area (TPSA) is 72.9 Å². The van der Waals surface area contributed by atoms with Gasteiger partial charge in [-0.05, 0) is 26.4 Å². The van der Waals surface area contributed by atoms with Crippen molar-refractivity contribution < 1.29 is 14.7 Å². The molecule has 2 saturated heterocycles. The summed E-state index contributed by atoms with van der Waals surface area (Å²) >= 11 is 0. The fraction of sp³-hybridized carbons (Fsp3) is 0.846. The molecule has 1 unspecified atom stereocenters. The summed E-state index contributed by atoms with van der Waals surface area (Å²) in [4.78, 5) is 26.4. The summed E-state index contributed by atoms with van der Waals surface area (Å²) in [6.07, 6.45) is 3.77. The monoisotopic (exact) mass is 269 g/mol. The average molecular weight is 269 g/mol. The number of carbonyl (C=O) groups excluding carboxylic acids is 1. The summed E-state index contributed by atoms with van der Waals surface area (Å²) in [7, 11) is 2.10. The van der Waals surface area contributed by atoms with Gasteiger partial charge in [-0.1, -0.05) is 6.42 Å². The van der Waals surface area contributed by atoms with Gasteiger partial charge in [-0.3, -0.25) is 4.79 Å². The second-order valence-electron chi connectivity index (χ2n) is 5.69. The van der Waals surface area contributed by atoms with E-state index < -0.39 is 5.97 Å². The molecule has 2 rings (SSSR count). The molecule has 0 aromatic heterocycles. The number of piperidine rings is 1. The van der Waals surface area contributed by atoms with E-state index in [9.17, 15) is 9.59 Å². The first-order valence-electron chi connectivity index (χ1n) is 7.01. The molecule has 0 aromatic carbocycles. The normalized spacial score (nSPS) is 24.9. The first-order chi connectivity index (χ1) is 9.06. The van der Waals surface area contributed by atoms with Crippen LogP contribution < -0.4 is 5.32 Å². The van der Waals surface area contributed by atoms with Crippen LogP contribution in [-0.2, 0) is 4.79 Å². The van der Waals surface area contributed by atoms with E-state index in [1.54, 1.807) is 4.90 Å². The Morgan fingerprint density at radius 1 is 1.32 bits per heavy atom. The number of likely N-dealkylation sites (N-methyl/N-ethyl adjacent to an activating group) is 1. The molecule has 0 aromatic rings. The van der Waals surface area contributed by atoms with Crippen molar-refractivity contribution in [3.63, 3.8) is 0 Å². The van der Waals surface area contributed by atoms with E-state index in [4.69, 9.17) is 5.11 Å². The van der Waals surface area contributed by atoms with Crippen molar-refractivity contribution in [2.24, 2.45) is 5.92 Å². The molecule has 0 spiro atoms. The number of carboxylic acids is 1. The first-order valence-corrected chi connectivity index (χ1v) is 7.01. The van der Waals surface area contributed by atoms with Gasteiger partial charge in [0.15, 0.2) is 0 Å². The van der Waals surface area contributed by atoms with Crippen LogP contribution in [0.2, 0.25) is 0 Å². The van der Waals surface area contributed by atoms with Crippen LogP contribution in [-0.4, -0.2) is 66.2 Å². The number of nitrogens with zero attached hydrogens (tertiary/aromatic N) is 2. The maximum absolute atomic E-state index is 11.9. The molecule has 0 radical (unpaired) electrons. The van der Waals surface area contributed by atoms with E-state index in [0.29, 0.717) is 25.7 Å². The molecule has 0 aliphatic carbocycles. The van der Waals surface area contributed by atoms with Crippen LogP contribution in [0.4, 0.5) is 4.79 Å². The van der Waals surface area contributed by atoms with E-state index in [2.05, 4.69) is 17.3 Å². The van der Waals surface area contributed by atoms with E-state index in [-0.39, 0.29) is 18.4 Å². The highest BCUT2D eigenvalue weighted by molar-refractivity contribution is 5.75. The zero-order chi connectivity index (χ0) is 13.8. The van der Waals surface area contributed by atoms with Crippen LogP contribution in [0.1, 0.15) is 25.7 Å². The zero-order valence-electron chi connectivity index (χ0n) is 11.5. The van der Waals surface area contributed by atoms with Crippen LogP contribution in [0.5, 0.6) is 0 Å².